The van der Waals surface area contributed by atoms with E-state index in [-0.39, 0.29) is 5.91 Å². The number of nitrogens with zero attached hydrogens (tertiary/aromatic N) is 3. The van der Waals surface area contributed by atoms with Crippen LogP contribution in [0.5, 0.6) is 0 Å². The van der Waals surface area contributed by atoms with Crippen LogP contribution in [0, 0.1) is 13.8 Å². The van der Waals surface area contributed by atoms with Crippen molar-refractivity contribution in [3.63, 3.8) is 0 Å². The minimum Gasteiger partial charge on any atom is -0.424 e. The Morgan fingerprint density at radius 2 is 1.75 bits per heavy atom. The Hall–Kier alpha value is -2.94. The number of benzene rings is 2. The van der Waals surface area contributed by atoms with Crippen LogP contribution in [0.25, 0.3) is 11.1 Å². The third-order valence-electron chi connectivity index (χ3n) is 5.83. The lowest BCUT2D eigenvalue weighted by Crippen LogP contribution is -2.50. The van der Waals surface area contributed by atoms with Crippen LogP contribution in [0.3, 0.4) is 0 Å². The molecule has 0 aliphatic carbocycles. The van der Waals surface area contributed by atoms with Gasteiger partial charge in [0.05, 0.1) is 12.6 Å². The number of hydrogen-bond donors (Lipinski definition) is 3. The zero-order valence-corrected chi connectivity index (χ0v) is 18.7. The van der Waals surface area contributed by atoms with Gasteiger partial charge in [0.2, 0.25) is 5.91 Å². The number of oxazole rings is 1. The van der Waals surface area contributed by atoms with Crippen molar-refractivity contribution in [2.75, 3.05) is 56.4 Å². The van der Waals surface area contributed by atoms with E-state index >= 15 is 0 Å². The molecule has 1 aromatic heterocycles. The molecule has 4 rings (SSSR count). The third-order valence-corrected chi connectivity index (χ3v) is 5.83. The van der Waals surface area contributed by atoms with Crippen molar-refractivity contribution in [1.82, 2.24) is 14.8 Å². The fraction of sp³-hybridized carbons (Fsp3) is 0.417. The van der Waals surface area contributed by atoms with Crippen molar-refractivity contribution >= 4 is 28.7 Å². The highest BCUT2D eigenvalue weighted by molar-refractivity contribution is 5.93. The summed E-state index contributed by atoms with van der Waals surface area (Å²) in [6.45, 7) is 8.55. The molecule has 0 radical (unpaired) electrons. The number of piperazine rings is 1. The maximum Gasteiger partial charge on any atom is 0.295 e. The number of anilines is 2. The van der Waals surface area contributed by atoms with E-state index in [0.29, 0.717) is 25.6 Å². The molecule has 1 saturated heterocycles. The molecule has 32 heavy (non-hydrogen) atoms. The van der Waals surface area contributed by atoms with Gasteiger partial charge in [-0.2, -0.15) is 4.98 Å². The smallest absolute Gasteiger partial charge is 0.295 e. The van der Waals surface area contributed by atoms with Crippen LogP contribution in [-0.4, -0.2) is 77.7 Å². The van der Waals surface area contributed by atoms with E-state index in [4.69, 9.17) is 4.42 Å². The van der Waals surface area contributed by atoms with Crippen molar-refractivity contribution in [2.24, 2.45) is 0 Å². The molecule has 1 atom stereocenters. The summed E-state index contributed by atoms with van der Waals surface area (Å²) < 4.78 is 5.63. The SMILES string of the molecule is Cc1cccc(C)c1NC(=O)CN1CCN(CC(O)CNc2nc3ccccc3o2)CC1. The molecule has 1 unspecified atom stereocenters. The van der Waals surface area contributed by atoms with E-state index in [1.807, 2.05) is 56.3 Å². The molecule has 0 saturated carbocycles. The van der Waals surface area contributed by atoms with Crippen LogP contribution < -0.4 is 10.6 Å². The lowest BCUT2D eigenvalue weighted by atomic mass is 10.1. The first-order chi connectivity index (χ1) is 15.5. The first-order valence-corrected chi connectivity index (χ1v) is 11.1. The minimum absolute atomic E-state index is 0.0124. The second kappa shape index (κ2) is 10.1. The van der Waals surface area contributed by atoms with Gasteiger partial charge < -0.3 is 20.2 Å². The largest absolute Gasteiger partial charge is 0.424 e. The van der Waals surface area contributed by atoms with E-state index in [1.54, 1.807) is 0 Å². The van der Waals surface area contributed by atoms with Gasteiger partial charge >= 0.3 is 0 Å². The van der Waals surface area contributed by atoms with Crippen LogP contribution >= 0.6 is 0 Å². The molecule has 3 aromatic rings. The Labute approximate surface area is 188 Å². The molecule has 8 nitrogen and oxygen atoms in total. The molecule has 1 aliphatic rings. The molecule has 1 fully saturated rings. The second-order valence-electron chi connectivity index (χ2n) is 8.41. The molecule has 3 N–H and O–H groups in total. The average molecular weight is 438 g/mol. The summed E-state index contributed by atoms with van der Waals surface area (Å²) in [6, 6.07) is 14.0. The topological polar surface area (TPSA) is 93.9 Å². The van der Waals surface area contributed by atoms with Gasteiger partial charge in [-0.3, -0.25) is 14.6 Å². The molecule has 170 valence electrons. The first-order valence-electron chi connectivity index (χ1n) is 11.1. The summed E-state index contributed by atoms with van der Waals surface area (Å²) in [6.07, 6.45) is -0.538. The molecule has 2 heterocycles. The van der Waals surface area contributed by atoms with E-state index in [2.05, 4.69) is 25.4 Å². The first kappa shape index (κ1) is 22.3. The van der Waals surface area contributed by atoms with Crippen molar-refractivity contribution in [3.05, 3.63) is 53.6 Å². The summed E-state index contributed by atoms with van der Waals surface area (Å²) in [5.74, 6) is 0.0124. The predicted octanol–water partition coefficient (Wildman–Crippen LogP) is 2.47. The Balaban J connectivity index is 1.17. The number of aliphatic hydroxyl groups is 1. The number of amides is 1. The molecule has 0 spiro atoms. The molecule has 1 amide bonds. The van der Waals surface area contributed by atoms with Gasteiger partial charge in [0, 0.05) is 45.0 Å². The quantitative estimate of drug-likeness (QED) is 0.498. The maximum atomic E-state index is 12.5. The van der Waals surface area contributed by atoms with Crippen molar-refractivity contribution in [1.29, 1.82) is 0 Å². The number of fused-ring (bicyclic) bond motifs is 1. The number of aryl methyl sites for hydroxylation is 2. The molecule has 2 aromatic carbocycles. The fourth-order valence-corrected chi connectivity index (χ4v) is 4.04. The van der Waals surface area contributed by atoms with Crippen LogP contribution in [0.2, 0.25) is 0 Å². The fourth-order valence-electron chi connectivity index (χ4n) is 4.04. The normalized spacial score (nSPS) is 16.2. The number of para-hydroxylation sites is 3. The number of rotatable bonds is 8. The van der Waals surface area contributed by atoms with Crippen LogP contribution in [0.1, 0.15) is 11.1 Å². The highest BCUT2D eigenvalue weighted by Crippen LogP contribution is 2.20. The van der Waals surface area contributed by atoms with Gasteiger partial charge in [0.25, 0.3) is 6.01 Å². The van der Waals surface area contributed by atoms with E-state index in [9.17, 15) is 9.90 Å². The van der Waals surface area contributed by atoms with E-state index in [0.717, 1.165) is 54.1 Å². The van der Waals surface area contributed by atoms with Crippen LogP contribution in [-0.2, 0) is 4.79 Å². The van der Waals surface area contributed by atoms with Crippen molar-refractivity contribution in [3.8, 4) is 0 Å². The molecule has 8 heteroatoms. The van der Waals surface area contributed by atoms with Gasteiger partial charge in [-0.05, 0) is 37.1 Å². The summed E-state index contributed by atoms with van der Waals surface area (Å²) in [7, 11) is 0. The number of hydrogen-bond acceptors (Lipinski definition) is 7. The summed E-state index contributed by atoms with van der Waals surface area (Å²) in [4.78, 5) is 21.2. The molecular weight excluding hydrogens is 406 g/mol. The van der Waals surface area contributed by atoms with Gasteiger partial charge in [0.15, 0.2) is 5.58 Å². The minimum atomic E-state index is -0.538. The zero-order chi connectivity index (χ0) is 22.5. The maximum absolute atomic E-state index is 12.5. The number of aliphatic hydroxyl groups excluding tert-OH is 1. The highest BCUT2D eigenvalue weighted by atomic mass is 16.4. The number of β-amino-alcohol motifs (C(OH)–C–C–N with tert-alkyl or cyclic N) is 1. The van der Waals surface area contributed by atoms with Crippen LogP contribution in [0.15, 0.2) is 46.9 Å². The van der Waals surface area contributed by atoms with Gasteiger partial charge in [0.1, 0.15) is 5.52 Å². The Kier molecular flexibility index (Phi) is 7.04. The molecule has 1 aliphatic heterocycles. The van der Waals surface area contributed by atoms with E-state index < -0.39 is 6.10 Å². The average Bonchev–Trinajstić information content (AvgIpc) is 3.19. The summed E-state index contributed by atoms with van der Waals surface area (Å²) >= 11 is 0. The third kappa shape index (κ3) is 5.64. The predicted molar refractivity (Wildman–Crippen MR) is 126 cm³/mol. The Morgan fingerprint density at radius 3 is 2.47 bits per heavy atom. The number of carbonyl (C=O) groups is 1. The lowest BCUT2D eigenvalue weighted by Gasteiger charge is -2.35. The van der Waals surface area contributed by atoms with Crippen LogP contribution in [0.4, 0.5) is 11.7 Å². The molecular formula is C24H31N5O3. The summed E-state index contributed by atoms with van der Waals surface area (Å²) in [5, 5.41) is 16.5. The number of aromatic nitrogens is 1. The zero-order valence-electron chi connectivity index (χ0n) is 18.7. The molecule has 0 bridgehead atoms. The number of nitrogens with one attached hydrogen (secondary N) is 2. The second-order valence-corrected chi connectivity index (χ2v) is 8.41. The number of carbonyl (C=O) groups excluding carboxylic acids is 1. The highest BCUT2D eigenvalue weighted by Gasteiger charge is 2.21. The Morgan fingerprint density at radius 1 is 1.06 bits per heavy atom. The van der Waals surface area contributed by atoms with Gasteiger partial charge in [-0.25, -0.2) is 0 Å². The van der Waals surface area contributed by atoms with Gasteiger partial charge in [-0.15, -0.1) is 0 Å². The standard InChI is InChI=1S/C24H31N5O3/c1-17-6-5-7-18(2)23(17)27-22(31)16-29-12-10-28(11-13-29)15-19(30)14-25-24-26-20-8-3-4-9-21(20)32-24/h3-9,19,30H,10-16H2,1-2H3,(H,25,26)(H,27,31). The van der Waals surface area contributed by atoms with Gasteiger partial charge in [-0.1, -0.05) is 30.3 Å². The lowest BCUT2D eigenvalue weighted by molar-refractivity contribution is -0.117. The monoisotopic (exact) mass is 437 g/mol. The van der Waals surface area contributed by atoms with Crippen molar-refractivity contribution in [2.45, 2.75) is 20.0 Å². The van der Waals surface area contributed by atoms with E-state index in [1.165, 1.54) is 0 Å². The van der Waals surface area contributed by atoms with Crippen molar-refractivity contribution < 1.29 is 14.3 Å². The summed E-state index contributed by atoms with van der Waals surface area (Å²) in [5.41, 5.74) is 4.57. The Bertz CT molecular complexity index is 1010.